The molecule has 3 heterocycles. The maximum Gasteiger partial charge on any atom is 0.229 e. The van der Waals surface area contributed by atoms with E-state index in [-0.39, 0.29) is 0 Å². The van der Waals surface area contributed by atoms with Gasteiger partial charge < -0.3 is 28.7 Å². The van der Waals surface area contributed by atoms with Crippen molar-refractivity contribution in [2.24, 2.45) is 5.10 Å². The molecule has 1 N–H and O–H groups in total. The summed E-state index contributed by atoms with van der Waals surface area (Å²) in [6.45, 7) is 6.22. The third-order valence-electron chi connectivity index (χ3n) is 7.17. The Morgan fingerprint density at radius 2 is 1.61 bits per heavy atom. The Morgan fingerprint density at radius 1 is 0.854 bits per heavy atom. The van der Waals surface area contributed by atoms with Gasteiger partial charge in [0.15, 0.2) is 17.3 Å². The number of anilines is 3. The summed E-state index contributed by atoms with van der Waals surface area (Å²) in [4.78, 5) is 13.9. The molecule has 4 aromatic rings. The first-order chi connectivity index (χ1) is 20.3. The van der Waals surface area contributed by atoms with Crippen LogP contribution in [0.1, 0.15) is 11.1 Å². The average Bonchev–Trinajstić information content (AvgIpc) is 3.04. The zero-order valence-corrected chi connectivity index (χ0v) is 23.2. The molecule has 10 nitrogen and oxygen atoms in total. The number of rotatable bonds is 9. The van der Waals surface area contributed by atoms with Gasteiger partial charge in [0.25, 0.3) is 0 Å². The van der Waals surface area contributed by atoms with E-state index in [1.807, 2.05) is 36.4 Å². The van der Waals surface area contributed by atoms with Crippen LogP contribution in [0.4, 0.5) is 17.6 Å². The summed E-state index contributed by atoms with van der Waals surface area (Å²) in [7, 11) is 1.64. The Bertz CT molecular complexity index is 1460. The van der Waals surface area contributed by atoms with E-state index >= 15 is 0 Å². The number of methoxy groups -OCH3 is 1. The first kappa shape index (κ1) is 26.8. The van der Waals surface area contributed by atoms with Crippen LogP contribution in [0.2, 0.25) is 0 Å². The predicted molar refractivity (Wildman–Crippen MR) is 161 cm³/mol. The van der Waals surface area contributed by atoms with Crippen LogP contribution in [-0.4, -0.2) is 75.9 Å². The van der Waals surface area contributed by atoms with Crippen molar-refractivity contribution in [2.75, 3.05) is 74.9 Å². The Kier molecular flexibility index (Phi) is 8.39. The Morgan fingerprint density at radius 3 is 2.41 bits per heavy atom. The molecular weight excluding hydrogens is 520 g/mol. The van der Waals surface area contributed by atoms with Crippen molar-refractivity contribution in [3.8, 4) is 11.5 Å². The highest BCUT2D eigenvalue weighted by atomic mass is 16.5. The summed E-state index contributed by atoms with van der Waals surface area (Å²) < 4.78 is 22.8. The predicted octanol–water partition coefficient (Wildman–Crippen LogP) is 4.34. The van der Waals surface area contributed by atoms with Crippen LogP contribution in [0.15, 0.2) is 71.8 Å². The molecular formula is C31H34N6O4. The molecule has 2 aliphatic heterocycles. The van der Waals surface area contributed by atoms with E-state index in [9.17, 15) is 0 Å². The second kappa shape index (κ2) is 12.8. The van der Waals surface area contributed by atoms with Crippen LogP contribution in [0.3, 0.4) is 0 Å². The number of nitrogens with zero attached hydrogens (tertiary/aromatic N) is 5. The third kappa shape index (κ3) is 6.50. The summed E-state index contributed by atoms with van der Waals surface area (Å²) in [5.41, 5.74) is 5.08. The molecule has 0 saturated carbocycles. The summed E-state index contributed by atoms with van der Waals surface area (Å²) in [5, 5.41) is 6.84. The molecule has 41 heavy (non-hydrogen) atoms. The summed E-state index contributed by atoms with van der Waals surface area (Å²) in [6, 6.07) is 22.2. The van der Waals surface area contributed by atoms with Gasteiger partial charge in [0.05, 0.1) is 39.8 Å². The average molecular weight is 555 g/mol. The van der Waals surface area contributed by atoms with Crippen molar-refractivity contribution in [2.45, 2.75) is 6.61 Å². The number of hydrogen-bond donors (Lipinski definition) is 1. The lowest BCUT2D eigenvalue weighted by Crippen LogP contribution is -2.39. The van der Waals surface area contributed by atoms with Crippen molar-refractivity contribution in [3.63, 3.8) is 0 Å². The molecule has 0 atom stereocenters. The zero-order chi connectivity index (χ0) is 27.9. The van der Waals surface area contributed by atoms with E-state index < -0.39 is 0 Å². The van der Waals surface area contributed by atoms with E-state index in [2.05, 4.69) is 50.7 Å². The normalized spacial score (nSPS) is 15.8. The van der Waals surface area contributed by atoms with Crippen LogP contribution in [0.5, 0.6) is 11.5 Å². The highest BCUT2D eigenvalue weighted by Gasteiger charge is 2.19. The molecule has 3 aromatic carbocycles. The number of fused-ring (bicyclic) bond motifs is 1. The fraction of sp³-hybridized carbons (Fsp3) is 0.323. The molecule has 212 valence electrons. The van der Waals surface area contributed by atoms with Crippen LogP contribution in [0, 0.1) is 0 Å². The number of hydrogen-bond acceptors (Lipinski definition) is 10. The molecule has 10 heteroatoms. The summed E-state index contributed by atoms with van der Waals surface area (Å²) >= 11 is 0. The van der Waals surface area contributed by atoms with Crippen molar-refractivity contribution >= 4 is 34.6 Å². The van der Waals surface area contributed by atoms with Crippen LogP contribution in [-0.2, 0) is 16.1 Å². The van der Waals surface area contributed by atoms with Crippen LogP contribution >= 0.6 is 0 Å². The number of ether oxygens (including phenoxy) is 4. The van der Waals surface area contributed by atoms with Crippen molar-refractivity contribution in [1.82, 2.24) is 9.97 Å². The number of hydrazone groups is 1. The number of benzene rings is 3. The molecule has 2 saturated heterocycles. The highest BCUT2D eigenvalue weighted by molar-refractivity contribution is 5.85. The molecule has 0 unspecified atom stereocenters. The smallest absolute Gasteiger partial charge is 0.229 e. The van der Waals surface area contributed by atoms with E-state index in [4.69, 9.17) is 28.9 Å². The van der Waals surface area contributed by atoms with Gasteiger partial charge >= 0.3 is 0 Å². The first-order valence-electron chi connectivity index (χ1n) is 13.9. The molecule has 0 amide bonds. The number of nitrogens with one attached hydrogen (secondary N) is 1. The number of aromatic nitrogens is 2. The first-order valence-corrected chi connectivity index (χ1v) is 13.9. The molecule has 1 aromatic heterocycles. The van der Waals surface area contributed by atoms with E-state index in [1.165, 1.54) is 10.8 Å². The molecule has 0 aliphatic carbocycles. The lowest BCUT2D eigenvalue weighted by atomic mass is 10.1. The van der Waals surface area contributed by atoms with Gasteiger partial charge in [0.1, 0.15) is 12.4 Å². The van der Waals surface area contributed by atoms with Gasteiger partial charge in [0, 0.05) is 32.2 Å². The maximum atomic E-state index is 6.16. The standard InChI is InChI=1S/C31H34N6O4/c1-38-28-19-23(9-10-27(28)41-22-25-7-4-6-24-5-2-3-8-26(24)25)21-32-35-29-20-30(36-11-15-39-16-12-36)34-31(33-29)37-13-17-40-18-14-37/h2-10,19-21H,11-18,22H2,1H3,(H,33,34,35)/b32-21+. The molecule has 2 fully saturated rings. The molecule has 0 bridgehead atoms. The van der Waals surface area contributed by atoms with Crippen molar-refractivity contribution in [3.05, 3.63) is 77.9 Å². The Balaban J connectivity index is 1.16. The van der Waals surface area contributed by atoms with Crippen molar-refractivity contribution < 1.29 is 18.9 Å². The zero-order valence-electron chi connectivity index (χ0n) is 23.2. The minimum Gasteiger partial charge on any atom is -0.493 e. The van der Waals surface area contributed by atoms with Gasteiger partial charge in [-0.15, -0.1) is 0 Å². The van der Waals surface area contributed by atoms with E-state index in [1.54, 1.807) is 13.3 Å². The maximum absolute atomic E-state index is 6.16. The molecule has 0 spiro atoms. The molecule has 2 aliphatic rings. The van der Waals surface area contributed by atoms with Gasteiger partial charge in [-0.25, -0.2) is 0 Å². The van der Waals surface area contributed by atoms with Crippen LogP contribution < -0.4 is 24.7 Å². The summed E-state index contributed by atoms with van der Waals surface area (Å²) in [5.74, 6) is 3.47. The fourth-order valence-corrected chi connectivity index (χ4v) is 4.97. The third-order valence-corrected chi connectivity index (χ3v) is 7.17. The van der Waals surface area contributed by atoms with Gasteiger partial charge in [-0.05, 0) is 40.1 Å². The fourth-order valence-electron chi connectivity index (χ4n) is 4.97. The summed E-state index contributed by atoms with van der Waals surface area (Å²) in [6.07, 6.45) is 1.74. The van der Waals surface area contributed by atoms with Crippen molar-refractivity contribution in [1.29, 1.82) is 0 Å². The Labute approximate surface area is 239 Å². The SMILES string of the molecule is COc1cc(/C=N/Nc2cc(N3CCOCC3)nc(N3CCOCC3)n2)ccc1OCc1cccc2ccccc12. The minimum absolute atomic E-state index is 0.442. The second-order valence-electron chi connectivity index (χ2n) is 9.82. The highest BCUT2D eigenvalue weighted by Crippen LogP contribution is 2.29. The van der Waals surface area contributed by atoms with E-state index in [0.717, 1.165) is 43.1 Å². The van der Waals surface area contributed by atoms with Gasteiger partial charge in [-0.2, -0.15) is 15.1 Å². The van der Waals surface area contributed by atoms with Gasteiger partial charge in [-0.3, -0.25) is 5.43 Å². The second-order valence-corrected chi connectivity index (χ2v) is 9.82. The van der Waals surface area contributed by atoms with Gasteiger partial charge in [-0.1, -0.05) is 42.5 Å². The topological polar surface area (TPSA) is 93.6 Å². The quantitative estimate of drug-likeness (QED) is 0.240. The van der Waals surface area contributed by atoms with Gasteiger partial charge in [0.2, 0.25) is 5.95 Å². The lowest BCUT2D eigenvalue weighted by Gasteiger charge is -2.31. The lowest BCUT2D eigenvalue weighted by molar-refractivity contribution is 0.121. The monoisotopic (exact) mass is 554 g/mol. The molecule has 6 rings (SSSR count). The Hall–Kier alpha value is -4.41. The number of morpholine rings is 2. The van der Waals surface area contributed by atoms with Crippen LogP contribution in [0.25, 0.3) is 10.8 Å². The molecule has 0 radical (unpaired) electrons. The van der Waals surface area contributed by atoms with E-state index in [0.29, 0.717) is 56.3 Å². The largest absolute Gasteiger partial charge is 0.493 e. The minimum atomic E-state index is 0.442.